The summed E-state index contributed by atoms with van der Waals surface area (Å²) in [4.78, 5) is 32.2. The number of carbonyl (C=O) groups excluding carboxylic acids is 2. The van der Waals surface area contributed by atoms with Gasteiger partial charge in [-0.25, -0.2) is 4.79 Å². The van der Waals surface area contributed by atoms with Crippen molar-refractivity contribution in [3.8, 4) is 11.8 Å². The Morgan fingerprint density at radius 1 is 1.13 bits per heavy atom. The Labute approximate surface area is 230 Å². The highest BCUT2D eigenvalue weighted by molar-refractivity contribution is 6.32. The molecule has 2 aliphatic heterocycles. The first-order chi connectivity index (χ1) is 18.4. The molecule has 7 nitrogen and oxygen atoms in total. The normalized spacial score (nSPS) is 19.2. The van der Waals surface area contributed by atoms with Crippen LogP contribution in [0.4, 0.5) is 23.7 Å². The van der Waals surface area contributed by atoms with Gasteiger partial charge in [-0.3, -0.25) is 4.79 Å². The SMILES string of the molecule is CCN(CC)CCN1C(=O)C(O)(c2ccccc2Cl)c2c1cc(C#CCN1CCN(C)C1=O)cc2C(F)(F)F. The lowest BCUT2D eigenvalue weighted by atomic mass is 9.83. The van der Waals surface area contributed by atoms with E-state index in [-0.39, 0.29) is 41.0 Å². The molecule has 11 heteroatoms. The van der Waals surface area contributed by atoms with Crippen LogP contribution in [0.1, 0.15) is 36.1 Å². The lowest BCUT2D eigenvalue weighted by Gasteiger charge is -2.27. The van der Waals surface area contributed by atoms with Crippen molar-refractivity contribution < 1.29 is 27.9 Å². The molecule has 2 aromatic carbocycles. The monoisotopic (exact) mass is 562 g/mol. The van der Waals surface area contributed by atoms with E-state index in [0.717, 1.165) is 6.07 Å². The molecule has 1 unspecified atom stereocenters. The van der Waals surface area contributed by atoms with Gasteiger partial charge in [-0.1, -0.05) is 55.5 Å². The first-order valence-electron chi connectivity index (χ1n) is 12.7. The maximum atomic E-state index is 14.5. The van der Waals surface area contributed by atoms with Crippen LogP contribution in [0.25, 0.3) is 0 Å². The number of rotatable bonds is 7. The first-order valence-corrected chi connectivity index (χ1v) is 13.1. The molecule has 4 rings (SSSR count). The third-order valence-corrected chi connectivity index (χ3v) is 7.56. The molecule has 1 saturated heterocycles. The molecule has 2 heterocycles. The van der Waals surface area contributed by atoms with Crippen molar-refractivity contribution in [2.75, 3.05) is 57.8 Å². The summed E-state index contributed by atoms with van der Waals surface area (Å²) < 4.78 is 43.6. The van der Waals surface area contributed by atoms with Crippen molar-refractivity contribution in [3.63, 3.8) is 0 Å². The van der Waals surface area contributed by atoms with E-state index in [1.807, 2.05) is 18.7 Å². The van der Waals surface area contributed by atoms with Crippen LogP contribution in [-0.4, -0.2) is 84.6 Å². The van der Waals surface area contributed by atoms with Crippen LogP contribution in [0, 0.1) is 11.8 Å². The van der Waals surface area contributed by atoms with Crippen molar-refractivity contribution in [2.24, 2.45) is 0 Å². The number of anilines is 1. The number of nitrogens with zero attached hydrogens (tertiary/aromatic N) is 4. The zero-order valence-electron chi connectivity index (χ0n) is 22.0. The van der Waals surface area contributed by atoms with Crippen molar-refractivity contribution in [3.05, 3.63) is 63.7 Å². The number of hydrogen-bond acceptors (Lipinski definition) is 4. The number of fused-ring (bicyclic) bond motifs is 1. The number of alkyl halides is 3. The first kappa shape index (κ1) is 28.7. The minimum Gasteiger partial charge on any atom is -0.372 e. The van der Waals surface area contributed by atoms with E-state index < -0.39 is 28.8 Å². The minimum atomic E-state index is -4.90. The highest BCUT2D eigenvalue weighted by Crippen LogP contribution is 2.51. The average molecular weight is 563 g/mol. The molecule has 0 radical (unpaired) electrons. The lowest BCUT2D eigenvalue weighted by molar-refractivity contribution is -0.142. The van der Waals surface area contributed by atoms with Gasteiger partial charge in [-0.15, -0.1) is 0 Å². The fourth-order valence-corrected chi connectivity index (χ4v) is 5.29. The second-order valence-corrected chi connectivity index (χ2v) is 9.92. The van der Waals surface area contributed by atoms with Crippen LogP contribution in [0.3, 0.4) is 0 Å². The van der Waals surface area contributed by atoms with Gasteiger partial charge in [0.15, 0.2) is 5.60 Å². The molecular weight excluding hydrogens is 533 g/mol. The van der Waals surface area contributed by atoms with E-state index in [2.05, 4.69) is 11.8 Å². The zero-order chi connectivity index (χ0) is 28.5. The van der Waals surface area contributed by atoms with Gasteiger partial charge in [0.2, 0.25) is 0 Å². The number of aliphatic hydroxyl groups is 1. The van der Waals surface area contributed by atoms with Gasteiger partial charge in [0.05, 0.1) is 17.8 Å². The Bertz CT molecular complexity index is 1340. The van der Waals surface area contributed by atoms with Crippen LogP contribution in [0.2, 0.25) is 5.02 Å². The number of amides is 3. The second-order valence-electron chi connectivity index (χ2n) is 9.52. The van der Waals surface area contributed by atoms with Crippen LogP contribution >= 0.6 is 11.6 Å². The largest absolute Gasteiger partial charge is 0.416 e. The number of hydrogen-bond donors (Lipinski definition) is 1. The number of urea groups is 1. The van der Waals surface area contributed by atoms with Crippen molar-refractivity contribution in [1.82, 2.24) is 14.7 Å². The summed E-state index contributed by atoms with van der Waals surface area (Å²) in [6, 6.07) is 7.89. The Balaban J connectivity index is 1.86. The average Bonchev–Trinajstić information content (AvgIpc) is 3.32. The van der Waals surface area contributed by atoms with Gasteiger partial charge in [0.1, 0.15) is 0 Å². The highest BCUT2D eigenvalue weighted by atomic mass is 35.5. The summed E-state index contributed by atoms with van der Waals surface area (Å²) in [6.45, 7) is 6.77. The predicted octanol–water partition coefficient (Wildman–Crippen LogP) is 4.00. The summed E-state index contributed by atoms with van der Waals surface area (Å²) in [6.07, 6.45) is -4.90. The third-order valence-electron chi connectivity index (χ3n) is 7.23. The summed E-state index contributed by atoms with van der Waals surface area (Å²) in [5.74, 6) is 4.61. The van der Waals surface area contributed by atoms with E-state index in [1.165, 1.54) is 39.0 Å². The number of carbonyl (C=O) groups is 2. The molecule has 1 N–H and O–H groups in total. The smallest absolute Gasteiger partial charge is 0.372 e. The van der Waals surface area contributed by atoms with E-state index in [0.29, 0.717) is 32.7 Å². The molecule has 0 aliphatic carbocycles. The van der Waals surface area contributed by atoms with E-state index in [1.54, 1.807) is 13.1 Å². The Kier molecular flexibility index (Phi) is 8.17. The van der Waals surface area contributed by atoms with Crippen LogP contribution in [0.5, 0.6) is 0 Å². The quantitative estimate of drug-likeness (QED) is 0.518. The molecule has 1 fully saturated rings. The topological polar surface area (TPSA) is 67.3 Å². The molecule has 3 amide bonds. The Morgan fingerprint density at radius 3 is 2.41 bits per heavy atom. The molecular formula is C28H30ClF3N4O3. The Hall–Kier alpha value is -3.26. The number of benzene rings is 2. The lowest BCUT2D eigenvalue weighted by Crippen LogP contribution is -2.44. The van der Waals surface area contributed by atoms with Gasteiger partial charge in [0, 0.05) is 54.9 Å². The molecule has 1 atom stereocenters. The molecule has 0 aromatic heterocycles. The molecule has 208 valence electrons. The fourth-order valence-electron chi connectivity index (χ4n) is 5.02. The summed E-state index contributed by atoms with van der Waals surface area (Å²) in [5, 5.41) is 11.8. The highest BCUT2D eigenvalue weighted by Gasteiger charge is 2.56. The molecule has 2 aliphatic rings. The van der Waals surface area contributed by atoms with Gasteiger partial charge >= 0.3 is 12.2 Å². The van der Waals surface area contributed by atoms with Gasteiger partial charge < -0.3 is 24.7 Å². The summed E-state index contributed by atoms with van der Waals surface area (Å²) in [7, 11) is 1.66. The molecule has 2 aromatic rings. The van der Waals surface area contributed by atoms with Crippen molar-refractivity contribution in [2.45, 2.75) is 25.6 Å². The van der Waals surface area contributed by atoms with Crippen molar-refractivity contribution >= 4 is 29.2 Å². The third kappa shape index (κ3) is 5.31. The Morgan fingerprint density at radius 2 is 1.82 bits per heavy atom. The van der Waals surface area contributed by atoms with E-state index in [4.69, 9.17) is 11.6 Å². The maximum absolute atomic E-state index is 14.5. The molecule has 0 saturated carbocycles. The summed E-state index contributed by atoms with van der Waals surface area (Å²) in [5.41, 5.74) is -4.53. The molecule has 0 spiro atoms. The van der Waals surface area contributed by atoms with Gasteiger partial charge in [-0.05, 0) is 31.3 Å². The predicted molar refractivity (Wildman–Crippen MR) is 143 cm³/mol. The number of likely N-dealkylation sites (N-methyl/N-ethyl adjacent to an activating group) is 2. The maximum Gasteiger partial charge on any atom is 0.416 e. The van der Waals surface area contributed by atoms with E-state index >= 15 is 0 Å². The molecule has 39 heavy (non-hydrogen) atoms. The summed E-state index contributed by atoms with van der Waals surface area (Å²) >= 11 is 6.32. The molecule has 0 bridgehead atoms. The van der Waals surface area contributed by atoms with E-state index in [9.17, 15) is 27.9 Å². The van der Waals surface area contributed by atoms with Crippen LogP contribution < -0.4 is 4.90 Å². The van der Waals surface area contributed by atoms with Crippen LogP contribution in [-0.2, 0) is 16.6 Å². The van der Waals surface area contributed by atoms with Gasteiger partial charge in [-0.2, -0.15) is 13.2 Å². The fraction of sp³-hybridized carbons (Fsp3) is 0.429. The van der Waals surface area contributed by atoms with Gasteiger partial charge in [0.25, 0.3) is 5.91 Å². The number of halogens is 4. The zero-order valence-corrected chi connectivity index (χ0v) is 22.7. The van der Waals surface area contributed by atoms with Crippen molar-refractivity contribution in [1.29, 1.82) is 0 Å². The second kappa shape index (κ2) is 11.1. The minimum absolute atomic E-state index is 0.0186. The van der Waals surface area contributed by atoms with Crippen LogP contribution in [0.15, 0.2) is 36.4 Å². The standard InChI is InChI=1S/C28H30ClF3N4O3/c1-4-34(5-2)14-16-36-23-18-19(9-8-12-35-15-13-33(3)26(35)38)17-21(28(30,31)32)24(23)27(39,25(36)37)20-10-6-7-11-22(20)29/h6-7,10-11,17-18,39H,4-5,12-16H2,1-3H3.